The summed E-state index contributed by atoms with van der Waals surface area (Å²) in [6.45, 7) is 11.6. The maximum absolute atomic E-state index is 13.4. The average molecular weight is 550 g/mol. The van der Waals surface area contributed by atoms with Gasteiger partial charge >= 0.3 is 19.5 Å². The lowest BCUT2D eigenvalue weighted by molar-refractivity contribution is -0.156. The maximum atomic E-state index is 13.4. The molecule has 0 N–H and O–H groups in total. The predicted molar refractivity (Wildman–Crippen MR) is 145 cm³/mol. The molecule has 1 saturated heterocycles. The van der Waals surface area contributed by atoms with Crippen LogP contribution < -0.4 is 4.90 Å². The van der Waals surface area contributed by atoms with Gasteiger partial charge in [-0.15, -0.1) is 0 Å². The van der Waals surface area contributed by atoms with Crippen LogP contribution in [0.5, 0.6) is 0 Å². The lowest BCUT2D eigenvalue weighted by Gasteiger charge is -2.33. The summed E-state index contributed by atoms with van der Waals surface area (Å²) in [6.07, 6.45) is 4.12. The maximum Gasteiger partial charge on any atom is 0.336 e. The van der Waals surface area contributed by atoms with E-state index in [4.69, 9.17) is 18.5 Å². The number of fused-ring (bicyclic) bond motifs is 1. The third-order valence-corrected chi connectivity index (χ3v) is 8.60. The summed E-state index contributed by atoms with van der Waals surface area (Å²) < 4.78 is 34.3. The molecule has 0 bridgehead atoms. The van der Waals surface area contributed by atoms with E-state index in [0.29, 0.717) is 12.3 Å². The van der Waals surface area contributed by atoms with Crippen LogP contribution in [0.2, 0.25) is 0 Å². The minimum atomic E-state index is -3.66. The van der Waals surface area contributed by atoms with E-state index in [0.717, 1.165) is 42.7 Å². The Bertz CT molecular complexity index is 1130. The number of ether oxygens (including phenoxy) is 2. The van der Waals surface area contributed by atoms with Crippen molar-refractivity contribution < 1.29 is 32.7 Å². The highest BCUT2D eigenvalue weighted by atomic mass is 31.2. The fraction of sp³-hybridized carbons (Fsp3) is 0.630. The highest BCUT2D eigenvalue weighted by Crippen LogP contribution is 2.50. The number of piperidine rings is 1. The fourth-order valence-corrected chi connectivity index (χ4v) is 5.60. The van der Waals surface area contributed by atoms with Crippen molar-refractivity contribution in [1.82, 2.24) is 9.97 Å². The van der Waals surface area contributed by atoms with Gasteiger partial charge in [-0.3, -0.25) is 23.2 Å². The number of esters is 2. The van der Waals surface area contributed by atoms with E-state index in [1.165, 1.54) is 11.1 Å². The van der Waals surface area contributed by atoms with Crippen LogP contribution in [0.3, 0.4) is 0 Å². The highest BCUT2D eigenvalue weighted by Gasteiger charge is 2.30. The van der Waals surface area contributed by atoms with Gasteiger partial charge in [-0.25, -0.2) is 9.97 Å². The minimum Gasteiger partial charge on any atom is -0.438 e. The van der Waals surface area contributed by atoms with Crippen LogP contribution in [0, 0.1) is 31.6 Å². The summed E-state index contributed by atoms with van der Waals surface area (Å²) in [6, 6.07) is 4.24. The van der Waals surface area contributed by atoms with Crippen molar-refractivity contribution in [2.45, 2.75) is 60.8 Å². The molecule has 0 amide bonds. The largest absolute Gasteiger partial charge is 0.438 e. The molecular weight excluding hydrogens is 509 g/mol. The summed E-state index contributed by atoms with van der Waals surface area (Å²) in [5.41, 5.74) is 3.34. The molecule has 1 aliphatic rings. The van der Waals surface area contributed by atoms with E-state index in [1.54, 1.807) is 34.0 Å². The van der Waals surface area contributed by atoms with Crippen molar-refractivity contribution >= 4 is 36.3 Å². The van der Waals surface area contributed by atoms with Gasteiger partial charge in [0, 0.05) is 18.5 Å². The molecule has 3 rings (SSSR count). The van der Waals surface area contributed by atoms with Gasteiger partial charge in [0.05, 0.1) is 23.5 Å². The minimum absolute atomic E-state index is 0.130. The summed E-state index contributed by atoms with van der Waals surface area (Å²) in [5, 5.41) is 1.05. The summed E-state index contributed by atoms with van der Waals surface area (Å²) in [5.74, 6) is -0.351. The number of carbonyl (C=O) groups excluding carboxylic acids is 2. The van der Waals surface area contributed by atoms with Crippen LogP contribution in [0.25, 0.3) is 10.9 Å². The second-order valence-electron chi connectivity index (χ2n) is 10.4. The first-order valence-electron chi connectivity index (χ1n) is 13.2. The zero-order valence-corrected chi connectivity index (χ0v) is 24.2. The van der Waals surface area contributed by atoms with Gasteiger partial charge in [-0.2, -0.15) is 0 Å². The molecule has 0 aliphatic carbocycles. The number of hydrogen-bond donors (Lipinski definition) is 0. The highest BCUT2D eigenvalue weighted by molar-refractivity contribution is 7.53. The molecule has 0 atom stereocenters. The summed E-state index contributed by atoms with van der Waals surface area (Å²) in [4.78, 5) is 34.8. The van der Waals surface area contributed by atoms with Crippen molar-refractivity contribution in [3.05, 3.63) is 29.6 Å². The number of aryl methyl sites for hydroxylation is 2. The number of carbonyl (C=O) groups is 2. The lowest BCUT2D eigenvalue weighted by Crippen LogP contribution is -2.34. The Labute approximate surface area is 224 Å². The van der Waals surface area contributed by atoms with Crippen molar-refractivity contribution in [1.29, 1.82) is 0 Å². The van der Waals surface area contributed by atoms with Crippen LogP contribution in [0.4, 0.5) is 5.82 Å². The van der Waals surface area contributed by atoms with Crippen LogP contribution in [-0.2, 0) is 32.7 Å². The smallest absolute Gasteiger partial charge is 0.336 e. The Kier molecular flexibility index (Phi) is 10.7. The Morgan fingerprint density at radius 1 is 0.947 bits per heavy atom. The van der Waals surface area contributed by atoms with E-state index >= 15 is 0 Å². The SMILES string of the molecule is Cc1cc2ncnc(N3CCC(CCP(=O)(OCOC(=O)C(C)C)OCOC(=O)C(C)C)CC3)c2cc1C. The number of benzene rings is 1. The number of anilines is 1. The Hall–Kier alpha value is -2.55. The fourth-order valence-electron chi connectivity index (χ4n) is 4.16. The summed E-state index contributed by atoms with van der Waals surface area (Å²) in [7, 11) is -3.66. The Balaban J connectivity index is 1.58. The van der Waals surface area contributed by atoms with Crippen LogP contribution >= 0.6 is 7.60 Å². The van der Waals surface area contributed by atoms with Gasteiger partial charge in [0.25, 0.3) is 0 Å². The van der Waals surface area contributed by atoms with Gasteiger partial charge < -0.3 is 14.4 Å². The van der Waals surface area contributed by atoms with Crippen LogP contribution in [-0.4, -0.2) is 54.7 Å². The van der Waals surface area contributed by atoms with Crippen LogP contribution in [0.1, 0.15) is 58.1 Å². The molecule has 1 fully saturated rings. The lowest BCUT2D eigenvalue weighted by atomic mass is 9.94. The molecular formula is C27H40N3O7P. The number of rotatable bonds is 12. The third-order valence-electron chi connectivity index (χ3n) is 6.80. The monoisotopic (exact) mass is 549 g/mol. The average Bonchev–Trinajstić information content (AvgIpc) is 2.88. The van der Waals surface area contributed by atoms with Crippen molar-refractivity contribution in [2.24, 2.45) is 17.8 Å². The molecule has 1 aromatic carbocycles. The normalized spacial score (nSPS) is 14.9. The zero-order valence-electron chi connectivity index (χ0n) is 23.3. The van der Waals surface area contributed by atoms with Crippen LogP contribution in [0.15, 0.2) is 18.5 Å². The number of aromatic nitrogens is 2. The second kappa shape index (κ2) is 13.5. The number of nitrogens with zero attached hydrogens (tertiary/aromatic N) is 3. The molecule has 38 heavy (non-hydrogen) atoms. The second-order valence-corrected chi connectivity index (χ2v) is 12.6. The van der Waals surface area contributed by atoms with Crippen molar-refractivity contribution in [3.63, 3.8) is 0 Å². The molecule has 210 valence electrons. The predicted octanol–water partition coefficient (Wildman–Crippen LogP) is 5.39. The van der Waals surface area contributed by atoms with E-state index in [-0.39, 0.29) is 18.0 Å². The third kappa shape index (κ3) is 8.22. The van der Waals surface area contributed by atoms with E-state index < -0.39 is 33.1 Å². The van der Waals surface area contributed by atoms with Gasteiger partial charge in [0.2, 0.25) is 13.6 Å². The first-order chi connectivity index (χ1) is 18.0. The zero-order chi connectivity index (χ0) is 27.9. The summed E-state index contributed by atoms with van der Waals surface area (Å²) >= 11 is 0. The van der Waals surface area contributed by atoms with E-state index in [2.05, 4.69) is 40.8 Å². The molecule has 11 heteroatoms. The molecule has 10 nitrogen and oxygen atoms in total. The van der Waals surface area contributed by atoms with Gasteiger partial charge in [0.15, 0.2) is 0 Å². The van der Waals surface area contributed by atoms with E-state index in [9.17, 15) is 14.2 Å². The Morgan fingerprint density at radius 2 is 1.50 bits per heavy atom. The van der Waals surface area contributed by atoms with E-state index in [1.807, 2.05) is 0 Å². The molecule has 1 aromatic heterocycles. The molecule has 0 unspecified atom stereocenters. The number of hydrogen-bond acceptors (Lipinski definition) is 10. The van der Waals surface area contributed by atoms with Crippen molar-refractivity contribution in [3.8, 4) is 0 Å². The Morgan fingerprint density at radius 3 is 2.05 bits per heavy atom. The quantitative estimate of drug-likeness (QED) is 0.194. The first kappa shape index (κ1) is 30.0. The van der Waals surface area contributed by atoms with Gasteiger partial charge in [-0.05, 0) is 62.3 Å². The van der Waals surface area contributed by atoms with Crippen molar-refractivity contribution in [2.75, 3.05) is 37.7 Å². The molecule has 0 saturated carbocycles. The first-order valence-corrected chi connectivity index (χ1v) is 14.9. The molecule has 2 heterocycles. The van der Waals surface area contributed by atoms with Gasteiger partial charge in [-0.1, -0.05) is 27.7 Å². The molecule has 0 radical (unpaired) electrons. The topological polar surface area (TPSA) is 117 Å². The standard InChI is InChI=1S/C27H40N3O7P/c1-18(2)26(31)34-16-36-38(33,37-17-35-27(32)19(3)4)12-9-22-7-10-30(11-8-22)25-23-13-20(5)21(6)14-24(23)28-15-29-25/h13-15,18-19,22H,7-12,16-17H2,1-6H3. The van der Waals surface area contributed by atoms with Gasteiger partial charge in [0.1, 0.15) is 12.1 Å². The molecule has 1 aliphatic heterocycles. The molecule has 2 aromatic rings. The molecule has 0 spiro atoms.